The van der Waals surface area contributed by atoms with E-state index < -0.39 is 245 Å². The fourth-order valence-corrected chi connectivity index (χ4v) is 5.21. The molecule has 0 saturated carbocycles. The van der Waals surface area contributed by atoms with Crippen molar-refractivity contribution in [2.24, 2.45) is 0 Å². The lowest BCUT2D eigenvalue weighted by atomic mass is 9.85. The number of para-hydroxylation sites is 2. The van der Waals surface area contributed by atoms with Crippen LogP contribution in [0.25, 0.3) is 87.6 Å². The summed E-state index contributed by atoms with van der Waals surface area (Å²) >= 11 is 0. The van der Waals surface area contributed by atoms with E-state index in [1.165, 1.54) is 0 Å². The highest BCUT2D eigenvalue weighted by Gasteiger charge is 2.21. The molecule has 0 aliphatic heterocycles. The van der Waals surface area contributed by atoms with Crippen molar-refractivity contribution in [2.45, 2.75) is 0 Å². The molecule has 200 valence electrons. The predicted molar refractivity (Wildman–Crippen MR) is 183 cm³/mol. The summed E-state index contributed by atoms with van der Waals surface area (Å²) in [6.07, 6.45) is 0. The SMILES string of the molecule is [2H]c1c([2H])c([2H])c(-c2c3c([2H])c([2H])c([2H])c([2H])c3c(-c3c([2H])c([2H])c([2H])c4c3oc3c(-c5c([2H])c([2H])c6c([2H])c([2H])c([2H])c([2H])c6c5[2H])c([2H])c([2H])c([2H])c34)c3c([2H])c([2H])c([2H])c([2H])c23)c([2H])c1[2H]. The number of hydrogen-bond acceptors (Lipinski definition) is 1. The quantitative estimate of drug-likeness (QED) is 0.192. The van der Waals surface area contributed by atoms with Gasteiger partial charge in [0.05, 0.1) is 35.6 Å². The molecule has 9 aromatic rings. The smallest absolute Gasteiger partial charge is 0.143 e. The van der Waals surface area contributed by atoms with E-state index in [-0.39, 0.29) is 0 Å². The first-order chi connectivity index (χ1) is 32.2. The standard InChI is InChI=1S/C42H26O/c1-2-13-28(14-3-1)39-32-16-6-8-18-34(32)40(35-19-9-7-17-33(35)39)38-23-11-22-37-36-21-10-20-31(41(36)43-42(37)38)30-25-24-27-12-4-5-15-29(27)26-30/h1-26H/i1D,2D,3D,4D,5D,6D,7D,8D,9D,10D,11D,12D,13D,14D,15D,16D,17D,18D,19D,20D,21D,22D,23D,24D,25D,26D. The molecule has 0 saturated heterocycles. The zero-order valence-electron chi connectivity index (χ0n) is 47.4. The molecule has 1 heteroatoms. The maximum Gasteiger partial charge on any atom is 0.143 e. The Balaban J connectivity index is 1.62. The largest absolute Gasteiger partial charge is 0.455 e. The molecule has 1 nitrogen and oxygen atoms in total. The molecule has 0 N–H and O–H groups in total. The number of furan rings is 1. The van der Waals surface area contributed by atoms with Crippen LogP contribution in [0.5, 0.6) is 0 Å². The lowest BCUT2D eigenvalue weighted by Gasteiger charge is -2.17. The van der Waals surface area contributed by atoms with Crippen LogP contribution in [-0.4, -0.2) is 0 Å². The van der Waals surface area contributed by atoms with Gasteiger partial charge in [0.2, 0.25) is 0 Å². The van der Waals surface area contributed by atoms with Gasteiger partial charge in [-0.2, -0.15) is 0 Å². The van der Waals surface area contributed by atoms with E-state index in [0.717, 1.165) is 0 Å². The highest BCUT2D eigenvalue weighted by molar-refractivity contribution is 6.24. The molecular formula is C42H26O. The Labute approximate surface area is 285 Å². The van der Waals surface area contributed by atoms with Crippen LogP contribution in [0.3, 0.4) is 0 Å². The van der Waals surface area contributed by atoms with Crippen molar-refractivity contribution in [3.8, 4) is 33.4 Å². The molecule has 0 unspecified atom stereocenters. The minimum Gasteiger partial charge on any atom is -0.455 e. The van der Waals surface area contributed by atoms with E-state index in [4.69, 9.17) is 30.5 Å². The lowest BCUT2D eigenvalue weighted by molar-refractivity contribution is 0.671. The summed E-state index contributed by atoms with van der Waals surface area (Å²) in [6, 6.07) is -23.4. The van der Waals surface area contributed by atoms with Gasteiger partial charge in [0.15, 0.2) is 0 Å². The highest BCUT2D eigenvalue weighted by Crippen LogP contribution is 2.47. The Bertz CT molecular complexity index is 3860. The normalized spacial score (nSPS) is 20.2. The zero-order chi connectivity index (χ0) is 51.0. The Kier molecular flexibility index (Phi) is 2.13. The molecule has 0 radical (unpaired) electrons. The van der Waals surface area contributed by atoms with Crippen LogP contribution < -0.4 is 0 Å². The Morgan fingerprint density at radius 2 is 0.860 bits per heavy atom. The average Bonchev–Trinajstić information content (AvgIpc) is 3.71. The van der Waals surface area contributed by atoms with Gasteiger partial charge in [0, 0.05) is 27.5 Å². The van der Waals surface area contributed by atoms with Gasteiger partial charge in [-0.15, -0.1) is 0 Å². The second-order valence-electron chi connectivity index (χ2n) is 9.26. The summed E-state index contributed by atoms with van der Waals surface area (Å²) in [4.78, 5) is 0. The highest BCUT2D eigenvalue weighted by atomic mass is 16.3. The van der Waals surface area contributed by atoms with Gasteiger partial charge in [-0.25, -0.2) is 0 Å². The molecule has 1 aromatic heterocycles. The lowest BCUT2D eigenvalue weighted by Crippen LogP contribution is -1.90. The minimum absolute atomic E-state index is 0.524. The molecule has 0 aliphatic carbocycles. The maximum atomic E-state index is 9.45. The summed E-state index contributed by atoms with van der Waals surface area (Å²) in [5, 5.41) is -4.96. The Hall–Kier alpha value is -5.66. The summed E-state index contributed by atoms with van der Waals surface area (Å²) in [5.41, 5.74) is -5.59. The van der Waals surface area contributed by atoms with E-state index in [2.05, 4.69) is 0 Å². The van der Waals surface area contributed by atoms with Crippen molar-refractivity contribution < 1.29 is 40.1 Å². The molecule has 9 rings (SSSR count). The molecule has 0 spiro atoms. The van der Waals surface area contributed by atoms with Crippen LogP contribution in [0.4, 0.5) is 0 Å². The van der Waals surface area contributed by atoms with Crippen LogP contribution in [0, 0.1) is 0 Å². The summed E-state index contributed by atoms with van der Waals surface area (Å²) < 4.78 is 237. The van der Waals surface area contributed by atoms with Crippen molar-refractivity contribution in [2.75, 3.05) is 0 Å². The van der Waals surface area contributed by atoms with Crippen molar-refractivity contribution in [1.82, 2.24) is 0 Å². The van der Waals surface area contributed by atoms with Crippen LogP contribution >= 0.6 is 0 Å². The Morgan fingerprint density at radius 3 is 1.53 bits per heavy atom. The molecule has 0 fully saturated rings. The van der Waals surface area contributed by atoms with Gasteiger partial charge < -0.3 is 4.42 Å². The van der Waals surface area contributed by atoms with Crippen molar-refractivity contribution >= 4 is 54.3 Å². The minimum atomic E-state index is -0.979. The number of rotatable bonds is 3. The van der Waals surface area contributed by atoms with Crippen LogP contribution in [0.15, 0.2) is 162 Å². The fraction of sp³-hybridized carbons (Fsp3) is 0. The average molecular weight is 573 g/mol. The molecule has 43 heavy (non-hydrogen) atoms. The van der Waals surface area contributed by atoms with Crippen LogP contribution in [0.1, 0.15) is 35.6 Å². The molecular weight excluding hydrogens is 520 g/mol. The van der Waals surface area contributed by atoms with Crippen LogP contribution in [-0.2, 0) is 0 Å². The van der Waals surface area contributed by atoms with Gasteiger partial charge in [0.1, 0.15) is 11.2 Å². The van der Waals surface area contributed by atoms with E-state index in [1.54, 1.807) is 0 Å². The van der Waals surface area contributed by atoms with Crippen LogP contribution in [0.2, 0.25) is 0 Å². The molecule has 0 aliphatic rings. The second-order valence-corrected chi connectivity index (χ2v) is 9.26. The van der Waals surface area contributed by atoms with E-state index in [1.807, 2.05) is 0 Å². The van der Waals surface area contributed by atoms with Gasteiger partial charge in [-0.05, 0) is 55.1 Å². The van der Waals surface area contributed by atoms with Gasteiger partial charge >= 0.3 is 0 Å². The number of hydrogen-bond donors (Lipinski definition) is 0. The Morgan fingerprint density at radius 1 is 0.349 bits per heavy atom. The summed E-state index contributed by atoms with van der Waals surface area (Å²) in [6.45, 7) is 0. The molecule has 1 heterocycles. The molecule has 8 aromatic carbocycles. The first kappa shape index (κ1) is 9.69. The van der Waals surface area contributed by atoms with Gasteiger partial charge in [-0.3, -0.25) is 0 Å². The van der Waals surface area contributed by atoms with Gasteiger partial charge in [-0.1, -0.05) is 151 Å². The zero-order valence-corrected chi connectivity index (χ0v) is 21.4. The molecule has 0 bridgehead atoms. The van der Waals surface area contributed by atoms with Gasteiger partial charge in [0.25, 0.3) is 0 Å². The molecule has 0 atom stereocenters. The molecule has 0 amide bonds. The van der Waals surface area contributed by atoms with E-state index >= 15 is 0 Å². The topological polar surface area (TPSA) is 13.1 Å². The third-order valence-electron chi connectivity index (χ3n) is 6.99. The van der Waals surface area contributed by atoms with E-state index in [9.17, 15) is 9.60 Å². The summed E-state index contributed by atoms with van der Waals surface area (Å²) in [5.74, 6) is 0. The number of fused-ring (bicyclic) bond motifs is 6. The second kappa shape index (κ2) is 9.44. The first-order valence-electron chi connectivity index (χ1n) is 25.7. The third kappa shape index (κ3) is 3.65. The monoisotopic (exact) mass is 572 g/mol. The van der Waals surface area contributed by atoms with Crippen molar-refractivity contribution in [3.63, 3.8) is 0 Å². The third-order valence-corrected chi connectivity index (χ3v) is 6.99. The van der Waals surface area contributed by atoms with E-state index in [0.29, 0.717) is 0 Å². The maximum absolute atomic E-state index is 9.45. The van der Waals surface area contributed by atoms with Crippen molar-refractivity contribution in [1.29, 1.82) is 0 Å². The predicted octanol–water partition coefficient (Wildman–Crippen LogP) is 12.0. The first-order valence-corrected chi connectivity index (χ1v) is 12.7. The summed E-state index contributed by atoms with van der Waals surface area (Å²) in [7, 11) is 0. The fourth-order valence-electron chi connectivity index (χ4n) is 5.21. The number of benzene rings is 8. The van der Waals surface area contributed by atoms with Crippen molar-refractivity contribution in [3.05, 3.63) is 157 Å².